The van der Waals surface area contributed by atoms with Crippen LogP contribution in [0.1, 0.15) is 45.6 Å². The lowest BCUT2D eigenvalue weighted by atomic mass is 10.1. The lowest BCUT2D eigenvalue weighted by Crippen LogP contribution is -2.15. The van der Waals surface area contributed by atoms with Crippen molar-refractivity contribution in [2.75, 3.05) is 11.9 Å². The van der Waals surface area contributed by atoms with E-state index in [9.17, 15) is 4.79 Å². The van der Waals surface area contributed by atoms with Crippen molar-refractivity contribution >= 4 is 11.6 Å². The Labute approximate surface area is 127 Å². The Morgan fingerprint density at radius 1 is 1.33 bits per heavy atom. The highest BCUT2D eigenvalue weighted by atomic mass is 16.5. The van der Waals surface area contributed by atoms with Crippen molar-refractivity contribution in [3.05, 3.63) is 29.8 Å². The summed E-state index contributed by atoms with van der Waals surface area (Å²) in [5.41, 5.74) is 1.05. The molecule has 1 aromatic carbocycles. The van der Waals surface area contributed by atoms with Gasteiger partial charge < -0.3 is 10.1 Å². The number of hydrogen-bond donors (Lipinski definition) is 1. The number of hydrogen-bond acceptors (Lipinski definition) is 3. The van der Waals surface area contributed by atoms with E-state index in [0.717, 1.165) is 6.42 Å². The Bertz CT molecular complexity index is 492. The van der Waals surface area contributed by atoms with Crippen molar-refractivity contribution in [3.63, 3.8) is 0 Å². The van der Waals surface area contributed by atoms with Crippen LogP contribution in [-0.4, -0.2) is 18.6 Å². The monoisotopic (exact) mass is 288 g/mol. The Morgan fingerprint density at radius 3 is 2.71 bits per heavy atom. The molecule has 0 aliphatic carbocycles. The van der Waals surface area contributed by atoms with Crippen LogP contribution < -0.4 is 5.32 Å². The molecule has 0 heterocycles. The molecule has 1 unspecified atom stereocenters. The van der Waals surface area contributed by atoms with Crippen LogP contribution in [0.2, 0.25) is 0 Å². The predicted octanol–water partition coefficient (Wildman–Crippen LogP) is 3.73. The first-order chi connectivity index (χ1) is 10.0. The SMILES string of the molecule is CC(C)CC(C)OCCCC(=O)Nc1ccccc1C#N. The van der Waals surface area contributed by atoms with Gasteiger partial charge in [0.1, 0.15) is 6.07 Å². The zero-order chi connectivity index (χ0) is 15.7. The van der Waals surface area contributed by atoms with Crippen molar-refractivity contribution in [2.45, 2.75) is 46.1 Å². The third kappa shape index (κ3) is 6.92. The summed E-state index contributed by atoms with van der Waals surface area (Å²) < 4.78 is 5.67. The molecule has 21 heavy (non-hydrogen) atoms. The number of nitrogens with one attached hydrogen (secondary N) is 1. The van der Waals surface area contributed by atoms with Crippen LogP contribution in [0.5, 0.6) is 0 Å². The van der Waals surface area contributed by atoms with E-state index in [1.165, 1.54) is 0 Å². The second-order valence-corrected chi connectivity index (χ2v) is 5.62. The molecule has 0 spiro atoms. The van der Waals surface area contributed by atoms with Crippen LogP contribution in [0.4, 0.5) is 5.69 Å². The number of rotatable bonds is 8. The van der Waals surface area contributed by atoms with Crippen LogP contribution in [0, 0.1) is 17.2 Å². The fraction of sp³-hybridized carbons (Fsp3) is 0.529. The van der Waals surface area contributed by atoms with Gasteiger partial charge in [0.15, 0.2) is 0 Å². The summed E-state index contributed by atoms with van der Waals surface area (Å²) in [6.45, 7) is 6.98. The highest BCUT2D eigenvalue weighted by Crippen LogP contribution is 2.14. The number of nitriles is 1. The predicted molar refractivity (Wildman–Crippen MR) is 83.9 cm³/mol. The van der Waals surface area contributed by atoms with Gasteiger partial charge in [-0.3, -0.25) is 4.79 Å². The molecule has 1 atom stereocenters. The van der Waals surface area contributed by atoms with Gasteiger partial charge in [-0.1, -0.05) is 26.0 Å². The summed E-state index contributed by atoms with van der Waals surface area (Å²) in [7, 11) is 0. The zero-order valence-electron chi connectivity index (χ0n) is 13.1. The molecule has 1 amide bonds. The number of carbonyl (C=O) groups is 1. The van der Waals surface area contributed by atoms with E-state index in [0.29, 0.717) is 36.6 Å². The number of carbonyl (C=O) groups excluding carboxylic acids is 1. The Kier molecular flexibility index (Phi) is 7.49. The number of benzene rings is 1. The van der Waals surface area contributed by atoms with Gasteiger partial charge in [0.05, 0.1) is 17.4 Å². The third-order valence-electron chi connectivity index (χ3n) is 3.08. The minimum absolute atomic E-state index is 0.0854. The first-order valence-corrected chi connectivity index (χ1v) is 7.43. The standard InChI is InChI=1S/C17H24N2O2/c1-13(2)11-14(3)21-10-6-9-17(20)19-16-8-5-4-7-15(16)12-18/h4-5,7-8,13-14H,6,9-11H2,1-3H3,(H,19,20). The van der Waals surface area contributed by atoms with Gasteiger partial charge in [-0.15, -0.1) is 0 Å². The fourth-order valence-electron chi connectivity index (χ4n) is 2.15. The molecule has 0 aromatic heterocycles. The zero-order valence-corrected chi connectivity index (χ0v) is 13.1. The summed E-state index contributed by atoms with van der Waals surface area (Å²) in [4.78, 5) is 11.8. The third-order valence-corrected chi connectivity index (χ3v) is 3.08. The molecular formula is C17H24N2O2. The van der Waals surface area contributed by atoms with E-state index in [2.05, 4.69) is 32.2 Å². The molecule has 0 fully saturated rings. The Hall–Kier alpha value is -1.86. The van der Waals surface area contributed by atoms with Crippen LogP contribution in [0.25, 0.3) is 0 Å². The summed E-state index contributed by atoms with van der Waals surface area (Å²) in [6, 6.07) is 9.06. The summed E-state index contributed by atoms with van der Waals surface area (Å²) in [5, 5.41) is 11.7. The molecule has 4 heteroatoms. The van der Waals surface area contributed by atoms with Crippen LogP contribution >= 0.6 is 0 Å². The van der Waals surface area contributed by atoms with Gasteiger partial charge >= 0.3 is 0 Å². The molecule has 1 rings (SSSR count). The van der Waals surface area contributed by atoms with Gasteiger partial charge in [0.2, 0.25) is 5.91 Å². The highest BCUT2D eigenvalue weighted by molar-refractivity contribution is 5.92. The number of para-hydroxylation sites is 1. The number of anilines is 1. The molecule has 0 bridgehead atoms. The van der Waals surface area contributed by atoms with Gasteiger partial charge in [-0.25, -0.2) is 0 Å². The van der Waals surface area contributed by atoms with Gasteiger partial charge in [-0.2, -0.15) is 5.26 Å². The molecule has 0 aliphatic rings. The molecule has 4 nitrogen and oxygen atoms in total. The van der Waals surface area contributed by atoms with E-state index >= 15 is 0 Å². The van der Waals surface area contributed by atoms with E-state index in [1.807, 2.05) is 0 Å². The second-order valence-electron chi connectivity index (χ2n) is 5.62. The lowest BCUT2D eigenvalue weighted by molar-refractivity contribution is -0.116. The van der Waals surface area contributed by atoms with Gasteiger partial charge in [-0.05, 0) is 37.8 Å². The Morgan fingerprint density at radius 2 is 2.05 bits per heavy atom. The summed E-state index contributed by atoms with van der Waals surface area (Å²) in [5.74, 6) is 0.531. The molecule has 114 valence electrons. The maximum absolute atomic E-state index is 11.8. The van der Waals surface area contributed by atoms with Crippen molar-refractivity contribution in [2.24, 2.45) is 5.92 Å². The topological polar surface area (TPSA) is 62.1 Å². The molecule has 0 saturated heterocycles. The molecule has 1 aromatic rings. The van der Waals surface area contributed by atoms with Crippen LogP contribution in [-0.2, 0) is 9.53 Å². The maximum Gasteiger partial charge on any atom is 0.224 e. The molecule has 0 saturated carbocycles. The van der Waals surface area contributed by atoms with Gasteiger partial charge in [0, 0.05) is 13.0 Å². The van der Waals surface area contributed by atoms with Crippen molar-refractivity contribution in [1.29, 1.82) is 5.26 Å². The van der Waals surface area contributed by atoms with E-state index in [1.54, 1.807) is 24.3 Å². The maximum atomic E-state index is 11.8. The van der Waals surface area contributed by atoms with Crippen molar-refractivity contribution in [1.82, 2.24) is 0 Å². The molecular weight excluding hydrogens is 264 g/mol. The average molecular weight is 288 g/mol. The second kappa shape index (κ2) is 9.15. The normalized spacial score (nSPS) is 12.0. The van der Waals surface area contributed by atoms with Crippen LogP contribution in [0.3, 0.4) is 0 Å². The van der Waals surface area contributed by atoms with E-state index in [-0.39, 0.29) is 12.0 Å². The Balaban J connectivity index is 2.27. The van der Waals surface area contributed by atoms with Crippen molar-refractivity contribution in [3.8, 4) is 6.07 Å². The van der Waals surface area contributed by atoms with Crippen molar-refractivity contribution < 1.29 is 9.53 Å². The number of nitrogens with zero attached hydrogens (tertiary/aromatic N) is 1. The van der Waals surface area contributed by atoms with E-state index in [4.69, 9.17) is 10.00 Å². The highest BCUT2D eigenvalue weighted by Gasteiger charge is 2.08. The largest absolute Gasteiger partial charge is 0.378 e. The smallest absolute Gasteiger partial charge is 0.224 e. The minimum Gasteiger partial charge on any atom is -0.378 e. The average Bonchev–Trinajstić information content (AvgIpc) is 2.43. The molecule has 1 N–H and O–H groups in total. The minimum atomic E-state index is -0.0854. The summed E-state index contributed by atoms with van der Waals surface area (Å²) >= 11 is 0. The summed E-state index contributed by atoms with van der Waals surface area (Å²) in [6.07, 6.45) is 2.34. The van der Waals surface area contributed by atoms with Gasteiger partial charge in [0.25, 0.3) is 0 Å². The van der Waals surface area contributed by atoms with E-state index < -0.39 is 0 Å². The molecule has 0 radical (unpaired) electrons. The number of ether oxygens (including phenoxy) is 1. The number of amides is 1. The fourth-order valence-corrected chi connectivity index (χ4v) is 2.15. The first kappa shape index (κ1) is 17.2. The first-order valence-electron chi connectivity index (χ1n) is 7.43. The van der Waals surface area contributed by atoms with Crippen LogP contribution in [0.15, 0.2) is 24.3 Å². The lowest BCUT2D eigenvalue weighted by Gasteiger charge is -2.15. The quantitative estimate of drug-likeness (QED) is 0.741. The molecule has 0 aliphatic heterocycles.